The quantitative estimate of drug-likeness (QED) is 0.661. The first-order chi connectivity index (χ1) is 13.6. The molecule has 0 bridgehead atoms. The summed E-state index contributed by atoms with van der Waals surface area (Å²) < 4.78 is 0. The fraction of sp³-hybridized carbons (Fsp3) is 0.417. The second-order valence-electron chi connectivity index (χ2n) is 9.08. The number of carbonyl (C=O) groups is 2. The van der Waals surface area contributed by atoms with E-state index < -0.39 is 0 Å². The van der Waals surface area contributed by atoms with Gasteiger partial charge >= 0.3 is 0 Å². The van der Waals surface area contributed by atoms with Crippen molar-refractivity contribution in [2.75, 3.05) is 16.0 Å². The molecule has 5 heteroatoms. The Morgan fingerprint density at radius 3 is 2.48 bits per heavy atom. The van der Waals surface area contributed by atoms with Crippen LogP contribution in [0.5, 0.6) is 0 Å². The molecule has 0 spiro atoms. The van der Waals surface area contributed by atoms with Gasteiger partial charge in [-0.3, -0.25) is 14.5 Å². The lowest BCUT2D eigenvalue weighted by molar-refractivity contribution is -0.118. The second-order valence-corrected chi connectivity index (χ2v) is 10.2. The van der Waals surface area contributed by atoms with E-state index in [9.17, 15) is 9.59 Å². The van der Waals surface area contributed by atoms with Crippen LogP contribution in [0.2, 0.25) is 0 Å². The molecular weight excluding hydrogens is 380 g/mol. The maximum absolute atomic E-state index is 12.6. The minimum atomic E-state index is -0.0909. The summed E-state index contributed by atoms with van der Waals surface area (Å²) in [5.74, 6) is 1.03. The van der Waals surface area contributed by atoms with Crippen molar-refractivity contribution in [1.29, 1.82) is 0 Å². The smallest absolute Gasteiger partial charge is 0.238 e. The summed E-state index contributed by atoms with van der Waals surface area (Å²) in [5.41, 5.74) is 3.90. The molecule has 3 rings (SSSR count). The van der Waals surface area contributed by atoms with Crippen molar-refractivity contribution in [1.82, 2.24) is 0 Å². The molecule has 2 aromatic carbocycles. The number of carbonyl (C=O) groups excluding carboxylic acids is 2. The van der Waals surface area contributed by atoms with Crippen LogP contribution in [0.1, 0.15) is 63.5 Å². The molecule has 1 aliphatic heterocycles. The van der Waals surface area contributed by atoms with Gasteiger partial charge in [-0.2, -0.15) is 0 Å². The monoisotopic (exact) mass is 410 g/mol. The SMILES string of the molecule is CC(C)c1ccc(N2C(=O)CSC2c2cccc(NC(=O)CC(C)(C)C)c2)cc1. The maximum atomic E-state index is 12.6. The Morgan fingerprint density at radius 1 is 1.17 bits per heavy atom. The highest BCUT2D eigenvalue weighted by molar-refractivity contribution is 8.00. The molecule has 0 saturated carbocycles. The lowest BCUT2D eigenvalue weighted by atomic mass is 9.92. The Kier molecular flexibility index (Phi) is 6.37. The summed E-state index contributed by atoms with van der Waals surface area (Å²) in [4.78, 5) is 26.8. The van der Waals surface area contributed by atoms with Gasteiger partial charge in [0.1, 0.15) is 5.37 Å². The third-order valence-corrected chi connectivity index (χ3v) is 6.06. The van der Waals surface area contributed by atoms with E-state index in [0.717, 1.165) is 16.9 Å². The van der Waals surface area contributed by atoms with Crippen LogP contribution in [-0.4, -0.2) is 17.6 Å². The van der Waals surface area contributed by atoms with Gasteiger partial charge in [0.15, 0.2) is 0 Å². The summed E-state index contributed by atoms with van der Waals surface area (Å²) >= 11 is 1.62. The van der Waals surface area contributed by atoms with Crippen LogP contribution in [0, 0.1) is 5.41 Å². The molecule has 2 amide bonds. The Labute approximate surface area is 178 Å². The topological polar surface area (TPSA) is 49.4 Å². The van der Waals surface area contributed by atoms with Crippen molar-refractivity contribution < 1.29 is 9.59 Å². The third-order valence-electron chi connectivity index (χ3n) is 4.85. The van der Waals surface area contributed by atoms with Crippen molar-refractivity contribution in [3.8, 4) is 0 Å². The van der Waals surface area contributed by atoms with Gasteiger partial charge in [-0.25, -0.2) is 0 Å². The van der Waals surface area contributed by atoms with E-state index in [1.54, 1.807) is 11.8 Å². The Balaban J connectivity index is 1.81. The lowest BCUT2D eigenvalue weighted by Gasteiger charge is -2.25. The number of nitrogens with one attached hydrogen (secondary N) is 1. The van der Waals surface area contributed by atoms with E-state index in [1.165, 1.54) is 5.56 Å². The van der Waals surface area contributed by atoms with E-state index in [-0.39, 0.29) is 22.6 Å². The first-order valence-electron chi connectivity index (χ1n) is 10.1. The molecule has 154 valence electrons. The van der Waals surface area contributed by atoms with Gasteiger partial charge < -0.3 is 5.32 Å². The zero-order valence-electron chi connectivity index (χ0n) is 17.9. The molecule has 1 atom stereocenters. The van der Waals surface area contributed by atoms with Crippen molar-refractivity contribution >= 4 is 35.0 Å². The highest BCUT2D eigenvalue weighted by Crippen LogP contribution is 2.42. The van der Waals surface area contributed by atoms with Crippen LogP contribution < -0.4 is 10.2 Å². The summed E-state index contributed by atoms with van der Waals surface area (Å²) in [6, 6.07) is 16.1. The Hall–Kier alpha value is -2.27. The van der Waals surface area contributed by atoms with Crippen LogP contribution in [0.25, 0.3) is 0 Å². The minimum Gasteiger partial charge on any atom is -0.326 e. The number of anilines is 2. The molecule has 4 nitrogen and oxygen atoms in total. The number of hydrogen-bond donors (Lipinski definition) is 1. The zero-order valence-corrected chi connectivity index (χ0v) is 18.7. The maximum Gasteiger partial charge on any atom is 0.238 e. The summed E-state index contributed by atoms with van der Waals surface area (Å²) in [6.45, 7) is 10.5. The van der Waals surface area contributed by atoms with Crippen LogP contribution in [0.15, 0.2) is 48.5 Å². The van der Waals surface area contributed by atoms with Crippen molar-refractivity contribution in [2.45, 2.75) is 52.3 Å². The van der Waals surface area contributed by atoms with Gasteiger partial charge in [0, 0.05) is 17.8 Å². The molecule has 0 aliphatic carbocycles. The van der Waals surface area contributed by atoms with E-state index in [2.05, 4.69) is 31.3 Å². The molecule has 0 aromatic heterocycles. The standard InChI is InChI=1S/C24H30N2O2S/c1-16(2)17-9-11-20(12-10-17)26-22(28)15-29-23(26)18-7-6-8-19(13-18)25-21(27)14-24(3,4)5/h6-13,16,23H,14-15H2,1-5H3,(H,25,27). The van der Waals surface area contributed by atoms with Gasteiger partial charge in [-0.05, 0) is 46.7 Å². The van der Waals surface area contributed by atoms with Gasteiger partial charge in [-0.15, -0.1) is 11.8 Å². The Bertz CT molecular complexity index is 884. The van der Waals surface area contributed by atoms with E-state index in [1.807, 2.05) is 62.1 Å². The predicted molar refractivity (Wildman–Crippen MR) is 122 cm³/mol. The number of nitrogens with zero attached hydrogens (tertiary/aromatic N) is 1. The van der Waals surface area contributed by atoms with E-state index >= 15 is 0 Å². The summed E-state index contributed by atoms with van der Waals surface area (Å²) in [6.07, 6.45) is 0.461. The largest absolute Gasteiger partial charge is 0.326 e. The average molecular weight is 411 g/mol. The highest BCUT2D eigenvalue weighted by Gasteiger charge is 2.34. The molecule has 1 aliphatic rings. The van der Waals surface area contributed by atoms with Crippen molar-refractivity contribution in [2.24, 2.45) is 5.41 Å². The fourth-order valence-corrected chi connectivity index (χ4v) is 4.59. The average Bonchev–Trinajstić information content (AvgIpc) is 3.02. The van der Waals surface area contributed by atoms with Crippen LogP contribution in [0.4, 0.5) is 11.4 Å². The molecule has 0 radical (unpaired) electrons. The number of amides is 2. The van der Waals surface area contributed by atoms with Crippen LogP contribution >= 0.6 is 11.8 Å². The normalized spacial score (nSPS) is 17.1. The highest BCUT2D eigenvalue weighted by atomic mass is 32.2. The van der Waals surface area contributed by atoms with Crippen LogP contribution in [-0.2, 0) is 9.59 Å². The lowest BCUT2D eigenvalue weighted by Crippen LogP contribution is -2.27. The van der Waals surface area contributed by atoms with Gasteiger partial charge in [-0.1, -0.05) is 58.9 Å². The first kappa shape index (κ1) is 21.4. The molecule has 2 aromatic rings. The third kappa shape index (κ3) is 5.41. The van der Waals surface area contributed by atoms with Gasteiger partial charge in [0.2, 0.25) is 11.8 Å². The number of hydrogen-bond acceptors (Lipinski definition) is 3. The van der Waals surface area contributed by atoms with Crippen molar-refractivity contribution in [3.05, 3.63) is 59.7 Å². The number of benzene rings is 2. The molecule has 29 heavy (non-hydrogen) atoms. The predicted octanol–water partition coefficient (Wildman–Crippen LogP) is 5.96. The van der Waals surface area contributed by atoms with Gasteiger partial charge in [0.25, 0.3) is 0 Å². The fourth-order valence-electron chi connectivity index (χ4n) is 3.43. The molecule has 1 N–H and O–H groups in total. The van der Waals surface area contributed by atoms with E-state index in [0.29, 0.717) is 18.1 Å². The zero-order chi connectivity index (χ0) is 21.2. The molecular formula is C24H30N2O2S. The molecule has 1 heterocycles. The second kappa shape index (κ2) is 8.62. The van der Waals surface area contributed by atoms with Crippen LogP contribution in [0.3, 0.4) is 0 Å². The number of thioether (sulfide) groups is 1. The van der Waals surface area contributed by atoms with E-state index in [4.69, 9.17) is 0 Å². The molecule has 1 saturated heterocycles. The first-order valence-corrected chi connectivity index (χ1v) is 11.1. The van der Waals surface area contributed by atoms with Gasteiger partial charge in [0.05, 0.1) is 5.75 Å². The Morgan fingerprint density at radius 2 is 1.86 bits per heavy atom. The van der Waals surface area contributed by atoms with Crippen molar-refractivity contribution in [3.63, 3.8) is 0 Å². The summed E-state index contributed by atoms with van der Waals surface area (Å²) in [7, 11) is 0. The number of rotatable bonds is 5. The molecule has 1 unspecified atom stereocenters. The summed E-state index contributed by atoms with van der Waals surface area (Å²) in [5, 5.41) is 2.91. The minimum absolute atomic E-state index is 0.00549. The molecule has 1 fully saturated rings.